The van der Waals surface area contributed by atoms with E-state index >= 15 is 0 Å². The quantitative estimate of drug-likeness (QED) is 0.430. The standard InChI is InChI=1S/C20H21BrN2O2S/c1-20(2,3)22-14-19-17(13-21)16-11-7-8-12-18(16)23(19)26(24,25)15-9-5-4-6-10-15/h4-12,14H,13H2,1-3H3. The SMILES string of the molecule is CC(C)(C)N=Cc1c(CBr)c2ccccc2n1S(=O)(=O)c1ccccc1. The molecule has 0 radical (unpaired) electrons. The van der Waals surface area contributed by atoms with Crippen molar-refractivity contribution in [2.75, 3.05) is 0 Å². The van der Waals surface area contributed by atoms with Gasteiger partial charge in [-0.25, -0.2) is 12.4 Å². The lowest BCUT2D eigenvalue weighted by Gasteiger charge is -2.13. The average Bonchev–Trinajstić information content (AvgIpc) is 2.94. The molecule has 0 saturated carbocycles. The molecular weight excluding hydrogens is 412 g/mol. The lowest BCUT2D eigenvalue weighted by atomic mass is 10.1. The van der Waals surface area contributed by atoms with Crippen LogP contribution in [0.3, 0.4) is 0 Å². The van der Waals surface area contributed by atoms with Gasteiger partial charge < -0.3 is 0 Å². The van der Waals surface area contributed by atoms with Gasteiger partial charge >= 0.3 is 0 Å². The maximum atomic E-state index is 13.4. The topological polar surface area (TPSA) is 51.4 Å². The number of benzene rings is 2. The fourth-order valence-electron chi connectivity index (χ4n) is 2.78. The van der Waals surface area contributed by atoms with Crippen LogP contribution in [0.25, 0.3) is 10.9 Å². The summed E-state index contributed by atoms with van der Waals surface area (Å²) in [5.41, 5.74) is 1.84. The van der Waals surface area contributed by atoms with Gasteiger partial charge in [0.25, 0.3) is 10.0 Å². The summed E-state index contributed by atoms with van der Waals surface area (Å²) in [6.45, 7) is 5.95. The number of rotatable bonds is 4. The van der Waals surface area contributed by atoms with Gasteiger partial charge in [-0.1, -0.05) is 52.3 Å². The van der Waals surface area contributed by atoms with Gasteiger partial charge in [-0.3, -0.25) is 4.99 Å². The predicted octanol–water partition coefficient (Wildman–Crippen LogP) is 4.99. The first kappa shape index (κ1) is 18.9. The number of fused-ring (bicyclic) bond motifs is 1. The highest BCUT2D eigenvalue weighted by molar-refractivity contribution is 9.08. The van der Waals surface area contributed by atoms with E-state index in [0.29, 0.717) is 16.5 Å². The third-order valence-corrected chi connectivity index (χ3v) is 6.27. The molecule has 0 N–H and O–H groups in total. The van der Waals surface area contributed by atoms with Crippen LogP contribution >= 0.6 is 15.9 Å². The Labute approximate surface area is 162 Å². The van der Waals surface area contributed by atoms with E-state index in [1.807, 2.05) is 45.0 Å². The molecule has 0 aliphatic heterocycles. The molecule has 0 saturated heterocycles. The van der Waals surface area contributed by atoms with Crippen LogP contribution in [0.2, 0.25) is 0 Å². The predicted molar refractivity (Wildman–Crippen MR) is 111 cm³/mol. The molecule has 6 heteroatoms. The minimum atomic E-state index is -3.75. The number of aromatic nitrogens is 1. The number of hydrogen-bond donors (Lipinski definition) is 0. The third kappa shape index (κ3) is 3.48. The molecule has 0 amide bonds. The molecule has 0 aliphatic rings. The number of hydrogen-bond acceptors (Lipinski definition) is 3. The second-order valence-electron chi connectivity index (χ2n) is 7.03. The van der Waals surface area contributed by atoms with Gasteiger partial charge in [0.2, 0.25) is 0 Å². The number of nitrogens with zero attached hydrogens (tertiary/aromatic N) is 2. The summed E-state index contributed by atoms with van der Waals surface area (Å²) in [6.07, 6.45) is 1.68. The first-order valence-corrected chi connectivity index (χ1v) is 10.9. The fourth-order valence-corrected chi connectivity index (χ4v) is 4.91. The number of halogens is 1. The average molecular weight is 433 g/mol. The second-order valence-corrected chi connectivity index (χ2v) is 9.37. The lowest BCUT2D eigenvalue weighted by molar-refractivity contribution is 0.583. The van der Waals surface area contributed by atoms with Gasteiger partial charge in [-0.15, -0.1) is 0 Å². The highest BCUT2D eigenvalue weighted by Crippen LogP contribution is 2.31. The van der Waals surface area contributed by atoms with Crippen molar-refractivity contribution in [3.8, 4) is 0 Å². The second kappa shape index (κ2) is 7.00. The zero-order valence-electron chi connectivity index (χ0n) is 15.0. The Kier molecular flexibility index (Phi) is 5.08. The largest absolute Gasteiger partial charge is 0.285 e. The molecule has 3 rings (SSSR count). The number of para-hydroxylation sites is 1. The molecule has 1 heterocycles. The van der Waals surface area contributed by atoms with Crippen LogP contribution in [-0.4, -0.2) is 24.1 Å². The minimum Gasteiger partial charge on any atom is -0.285 e. The lowest BCUT2D eigenvalue weighted by Crippen LogP contribution is -2.17. The Morgan fingerprint density at radius 1 is 1.04 bits per heavy atom. The highest BCUT2D eigenvalue weighted by Gasteiger charge is 2.25. The molecule has 0 fully saturated rings. The van der Waals surface area contributed by atoms with E-state index in [1.165, 1.54) is 3.97 Å². The third-order valence-electron chi connectivity index (χ3n) is 3.97. The zero-order valence-corrected chi connectivity index (χ0v) is 17.4. The van der Waals surface area contributed by atoms with Crippen LogP contribution in [0.5, 0.6) is 0 Å². The maximum Gasteiger partial charge on any atom is 0.268 e. The molecule has 1 aromatic heterocycles. The van der Waals surface area contributed by atoms with Crippen molar-refractivity contribution in [2.24, 2.45) is 4.99 Å². The smallest absolute Gasteiger partial charge is 0.268 e. The molecular formula is C20H21BrN2O2S. The molecule has 0 aliphatic carbocycles. The molecule has 3 aromatic rings. The van der Waals surface area contributed by atoms with Crippen molar-refractivity contribution < 1.29 is 8.42 Å². The van der Waals surface area contributed by atoms with Crippen molar-refractivity contribution in [3.05, 3.63) is 65.9 Å². The Balaban J connectivity index is 2.39. The summed E-state index contributed by atoms with van der Waals surface area (Å²) in [6, 6.07) is 16.0. The highest BCUT2D eigenvalue weighted by atomic mass is 79.9. The van der Waals surface area contributed by atoms with Gasteiger partial charge in [0.15, 0.2) is 0 Å². The van der Waals surface area contributed by atoms with Crippen LogP contribution in [0.15, 0.2) is 64.5 Å². The molecule has 2 aromatic carbocycles. The minimum absolute atomic E-state index is 0.257. The summed E-state index contributed by atoms with van der Waals surface area (Å²) >= 11 is 3.52. The van der Waals surface area contributed by atoms with Gasteiger partial charge in [0, 0.05) is 16.9 Å². The van der Waals surface area contributed by atoms with Crippen molar-refractivity contribution in [2.45, 2.75) is 36.5 Å². The Morgan fingerprint density at radius 2 is 1.65 bits per heavy atom. The summed E-state index contributed by atoms with van der Waals surface area (Å²) in [5, 5.41) is 1.44. The van der Waals surface area contributed by atoms with Crippen LogP contribution in [0.4, 0.5) is 0 Å². The van der Waals surface area contributed by atoms with Gasteiger partial charge in [-0.2, -0.15) is 0 Å². The van der Waals surface area contributed by atoms with E-state index in [2.05, 4.69) is 20.9 Å². The first-order chi connectivity index (χ1) is 12.3. The normalized spacial score (nSPS) is 12.9. The van der Waals surface area contributed by atoms with Gasteiger partial charge in [-0.05, 0) is 44.5 Å². The van der Waals surface area contributed by atoms with Crippen LogP contribution in [0.1, 0.15) is 32.0 Å². The summed E-state index contributed by atoms with van der Waals surface area (Å²) in [5.74, 6) is 0. The Morgan fingerprint density at radius 3 is 2.27 bits per heavy atom. The van der Waals surface area contributed by atoms with E-state index in [9.17, 15) is 8.42 Å². The van der Waals surface area contributed by atoms with E-state index in [0.717, 1.165) is 10.9 Å². The molecule has 26 heavy (non-hydrogen) atoms. The van der Waals surface area contributed by atoms with E-state index in [-0.39, 0.29) is 10.4 Å². The van der Waals surface area contributed by atoms with Crippen LogP contribution < -0.4 is 0 Å². The molecule has 0 spiro atoms. The van der Waals surface area contributed by atoms with Crippen molar-refractivity contribution in [1.82, 2.24) is 3.97 Å². The molecule has 4 nitrogen and oxygen atoms in total. The van der Waals surface area contributed by atoms with E-state index < -0.39 is 10.0 Å². The van der Waals surface area contributed by atoms with Crippen molar-refractivity contribution >= 4 is 43.1 Å². The molecule has 0 unspecified atom stereocenters. The maximum absolute atomic E-state index is 13.4. The molecule has 136 valence electrons. The van der Waals surface area contributed by atoms with E-state index in [1.54, 1.807) is 36.5 Å². The van der Waals surface area contributed by atoms with Crippen LogP contribution in [-0.2, 0) is 15.4 Å². The molecule has 0 bridgehead atoms. The van der Waals surface area contributed by atoms with Gasteiger partial charge in [0.05, 0.1) is 21.6 Å². The summed E-state index contributed by atoms with van der Waals surface area (Å²) in [4.78, 5) is 4.82. The summed E-state index contributed by atoms with van der Waals surface area (Å²) in [7, 11) is -3.75. The summed E-state index contributed by atoms with van der Waals surface area (Å²) < 4.78 is 28.2. The zero-order chi connectivity index (χ0) is 18.9. The van der Waals surface area contributed by atoms with E-state index in [4.69, 9.17) is 0 Å². The number of aliphatic imine (C=N–C) groups is 1. The van der Waals surface area contributed by atoms with Crippen LogP contribution in [0, 0.1) is 0 Å². The van der Waals surface area contributed by atoms with Gasteiger partial charge in [0.1, 0.15) is 0 Å². The monoisotopic (exact) mass is 432 g/mol. The Bertz CT molecular complexity index is 1060. The first-order valence-electron chi connectivity index (χ1n) is 8.30. The van der Waals surface area contributed by atoms with Crippen molar-refractivity contribution in [1.29, 1.82) is 0 Å². The number of alkyl halides is 1. The Hall–Kier alpha value is -1.92. The van der Waals surface area contributed by atoms with Crippen molar-refractivity contribution in [3.63, 3.8) is 0 Å². The molecule has 0 atom stereocenters. The fraction of sp³-hybridized carbons (Fsp3) is 0.250.